The van der Waals surface area contributed by atoms with E-state index in [2.05, 4.69) is 25.2 Å². The Morgan fingerprint density at radius 2 is 1.15 bits per heavy atom. The predicted octanol–water partition coefficient (Wildman–Crippen LogP) is 5.88. The summed E-state index contributed by atoms with van der Waals surface area (Å²) in [5.74, 6) is -0.679. The van der Waals surface area contributed by atoms with Crippen LogP contribution in [0, 0.1) is 0 Å². The zero-order valence-corrected chi connectivity index (χ0v) is 28.2. The minimum Gasteiger partial charge on any atom is -0.452 e. The second-order valence-corrected chi connectivity index (χ2v) is 17.7. The molecule has 7 nitrogen and oxygen atoms in total. The Morgan fingerprint density at radius 1 is 0.681 bits per heavy atom. The van der Waals surface area contributed by atoms with Gasteiger partial charge >= 0.3 is 5.97 Å². The average molecular weight is 650 g/mol. The number of hydrogen-bond donors (Lipinski definition) is 0. The molecule has 2 heterocycles. The molecule has 0 unspecified atom stereocenters. The molecule has 0 saturated carbocycles. The third-order valence-corrected chi connectivity index (χ3v) is 13.7. The lowest BCUT2D eigenvalue weighted by molar-refractivity contribution is -0.156. The number of amides is 1. The lowest BCUT2D eigenvalue weighted by atomic mass is 10.0. The first-order valence-corrected chi connectivity index (χ1v) is 19.4. The number of carbonyl (C=O) groups excluding carboxylic acids is 2. The van der Waals surface area contributed by atoms with Gasteiger partial charge in [-0.15, -0.1) is 0 Å². The summed E-state index contributed by atoms with van der Waals surface area (Å²) < 4.78 is 25.9. The Balaban J connectivity index is 1.41. The van der Waals surface area contributed by atoms with Gasteiger partial charge < -0.3 is 23.8 Å². The lowest BCUT2D eigenvalue weighted by Crippen LogP contribution is -2.55. The Morgan fingerprint density at radius 3 is 1.66 bits per heavy atom. The van der Waals surface area contributed by atoms with Crippen molar-refractivity contribution in [2.45, 2.75) is 75.8 Å². The van der Waals surface area contributed by atoms with E-state index in [4.69, 9.17) is 18.9 Å². The number of nitrogens with zero attached hydrogens (tertiary/aromatic N) is 1. The van der Waals surface area contributed by atoms with E-state index < -0.39 is 38.4 Å². The Labute approximate surface area is 278 Å². The number of carbonyl (C=O) groups is 2. The standard InChI is InChI=1S/C39H43NO6Si/c1-28(41)46-37-38(47(2,3)32-22-14-7-15-23-32)34-36(45-26-31-20-12-6-13-21-31)35(44-25-30-18-10-5-11-19-30)33(40(34)39(37)42)27-43-24-29-16-8-4-9-17-29/h4-23,33-38H,24-27H2,1-3H3/t33-,34+,35-,36-,37-,38+/m1/s1. The van der Waals surface area contributed by atoms with Crippen LogP contribution in [0.25, 0.3) is 0 Å². The van der Waals surface area contributed by atoms with Gasteiger partial charge in [0.2, 0.25) is 0 Å². The molecule has 47 heavy (non-hydrogen) atoms. The molecule has 0 aliphatic carbocycles. The summed E-state index contributed by atoms with van der Waals surface area (Å²) in [6.07, 6.45) is -1.90. The smallest absolute Gasteiger partial charge is 0.303 e. The van der Waals surface area contributed by atoms with Gasteiger partial charge in [-0.3, -0.25) is 9.59 Å². The first-order chi connectivity index (χ1) is 22.8. The number of rotatable bonds is 13. The molecule has 0 spiro atoms. The van der Waals surface area contributed by atoms with Gasteiger partial charge in [0.15, 0.2) is 6.10 Å². The van der Waals surface area contributed by atoms with Crippen molar-refractivity contribution in [1.82, 2.24) is 4.90 Å². The maximum atomic E-state index is 14.6. The molecule has 2 fully saturated rings. The highest BCUT2D eigenvalue weighted by Gasteiger charge is 2.67. The van der Waals surface area contributed by atoms with E-state index >= 15 is 0 Å². The van der Waals surface area contributed by atoms with Crippen LogP contribution in [0.3, 0.4) is 0 Å². The van der Waals surface area contributed by atoms with Crippen molar-refractivity contribution in [1.29, 1.82) is 0 Å². The predicted molar refractivity (Wildman–Crippen MR) is 183 cm³/mol. The molecule has 2 aliphatic rings. The number of benzene rings is 4. The second kappa shape index (κ2) is 14.8. The minimum absolute atomic E-state index is 0.209. The minimum atomic E-state index is -2.50. The van der Waals surface area contributed by atoms with Crippen LogP contribution in [-0.4, -0.2) is 61.9 Å². The van der Waals surface area contributed by atoms with Crippen molar-refractivity contribution in [2.24, 2.45) is 0 Å². The highest BCUT2D eigenvalue weighted by molar-refractivity contribution is 6.91. The summed E-state index contributed by atoms with van der Waals surface area (Å²) in [6, 6.07) is 39.5. The molecule has 0 aromatic heterocycles. The molecule has 6 atom stereocenters. The van der Waals surface area contributed by atoms with E-state index in [0.29, 0.717) is 19.8 Å². The van der Waals surface area contributed by atoms with Gasteiger partial charge in [-0.05, 0) is 16.7 Å². The fourth-order valence-electron chi connectivity index (χ4n) is 7.27. The van der Waals surface area contributed by atoms with Gasteiger partial charge in [-0.1, -0.05) is 140 Å². The van der Waals surface area contributed by atoms with Crippen molar-refractivity contribution in [3.63, 3.8) is 0 Å². The van der Waals surface area contributed by atoms with Crippen molar-refractivity contribution >= 4 is 25.1 Å². The van der Waals surface area contributed by atoms with E-state index in [9.17, 15) is 9.59 Å². The van der Waals surface area contributed by atoms with Gasteiger partial charge in [0, 0.05) is 12.5 Å². The van der Waals surface area contributed by atoms with Gasteiger partial charge in [-0.25, -0.2) is 0 Å². The van der Waals surface area contributed by atoms with Gasteiger partial charge in [0.05, 0.1) is 46.6 Å². The normalized spacial score (nSPS) is 23.9. The van der Waals surface area contributed by atoms with Crippen molar-refractivity contribution < 1.29 is 28.5 Å². The van der Waals surface area contributed by atoms with Gasteiger partial charge in [0.1, 0.15) is 12.2 Å². The molecule has 244 valence electrons. The Kier molecular flexibility index (Phi) is 10.3. The highest BCUT2D eigenvalue weighted by atomic mass is 28.3. The van der Waals surface area contributed by atoms with Crippen LogP contribution in [0.2, 0.25) is 18.6 Å². The number of esters is 1. The number of hydrogen-bond acceptors (Lipinski definition) is 6. The van der Waals surface area contributed by atoms with Crippen LogP contribution in [0.15, 0.2) is 121 Å². The molecule has 2 saturated heterocycles. The summed E-state index contributed by atoms with van der Waals surface area (Å²) >= 11 is 0. The van der Waals surface area contributed by atoms with Crippen LogP contribution in [0.1, 0.15) is 23.6 Å². The molecule has 0 bridgehead atoms. The topological polar surface area (TPSA) is 74.3 Å². The molecule has 0 radical (unpaired) electrons. The summed E-state index contributed by atoms with van der Waals surface area (Å²) in [4.78, 5) is 29.0. The number of fused-ring (bicyclic) bond motifs is 1. The largest absolute Gasteiger partial charge is 0.452 e. The first kappa shape index (κ1) is 32.8. The van der Waals surface area contributed by atoms with Crippen LogP contribution < -0.4 is 5.19 Å². The van der Waals surface area contributed by atoms with Gasteiger partial charge in [0.25, 0.3) is 5.91 Å². The maximum Gasteiger partial charge on any atom is 0.303 e. The van der Waals surface area contributed by atoms with Gasteiger partial charge in [-0.2, -0.15) is 0 Å². The highest BCUT2D eigenvalue weighted by Crippen LogP contribution is 2.49. The molecular formula is C39H43NO6Si. The fourth-order valence-corrected chi connectivity index (χ4v) is 10.9. The zero-order chi connectivity index (χ0) is 32.8. The summed E-state index contributed by atoms with van der Waals surface area (Å²) in [5, 5.41) is 1.18. The van der Waals surface area contributed by atoms with Crippen LogP contribution in [0.4, 0.5) is 0 Å². The second-order valence-electron chi connectivity index (χ2n) is 13.0. The SMILES string of the molecule is CC(=O)O[C@H]1C(=O)N2[C@@H]([C@@H](OCc3ccccc3)[C@H](OCc3ccccc3)[C@H]2COCc2ccccc2)[C@@H]1[Si](C)(C)c1ccccc1. The summed E-state index contributed by atoms with van der Waals surface area (Å²) in [6.45, 7) is 7.24. The first-order valence-electron chi connectivity index (χ1n) is 16.3. The molecule has 8 heteroatoms. The van der Waals surface area contributed by atoms with Crippen LogP contribution in [0.5, 0.6) is 0 Å². The third kappa shape index (κ3) is 7.26. The Hall–Kier alpha value is -4.08. The lowest BCUT2D eigenvalue weighted by Gasteiger charge is -2.38. The summed E-state index contributed by atoms with van der Waals surface area (Å²) in [5.41, 5.74) is 2.82. The molecule has 1 amide bonds. The zero-order valence-electron chi connectivity index (χ0n) is 27.2. The maximum absolute atomic E-state index is 14.6. The molecular weight excluding hydrogens is 607 g/mol. The van der Waals surface area contributed by atoms with E-state index in [0.717, 1.165) is 16.7 Å². The van der Waals surface area contributed by atoms with E-state index in [-0.39, 0.29) is 24.1 Å². The van der Waals surface area contributed by atoms with E-state index in [1.54, 1.807) is 0 Å². The average Bonchev–Trinajstić information content (AvgIpc) is 3.54. The van der Waals surface area contributed by atoms with Crippen LogP contribution in [-0.2, 0) is 48.4 Å². The number of ether oxygens (including phenoxy) is 4. The Bertz CT molecular complexity index is 1600. The quantitative estimate of drug-likeness (QED) is 0.133. The van der Waals surface area contributed by atoms with Crippen molar-refractivity contribution in [3.8, 4) is 0 Å². The molecule has 4 aromatic rings. The van der Waals surface area contributed by atoms with E-state index in [1.807, 2.05) is 114 Å². The van der Waals surface area contributed by atoms with Crippen molar-refractivity contribution in [3.05, 3.63) is 138 Å². The monoisotopic (exact) mass is 649 g/mol. The van der Waals surface area contributed by atoms with Crippen LogP contribution >= 0.6 is 0 Å². The molecule has 6 rings (SSSR count). The van der Waals surface area contributed by atoms with Crippen molar-refractivity contribution in [2.75, 3.05) is 6.61 Å². The molecule has 0 N–H and O–H groups in total. The summed E-state index contributed by atoms with van der Waals surface area (Å²) in [7, 11) is -2.50. The molecule has 2 aliphatic heterocycles. The van der Waals surface area contributed by atoms with E-state index in [1.165, 1.54) is 12.1 Å². The fraction of sp³-hybridized carbons (Fsp3) is 0.333. The molecule has 4 aromatic carbocycles. The third-order valence-electron chi connectivity index (χ3n) is 9.52.